The molecular weight excluding hydrogens is 351 g/mol. The maximum absolute atomic E-state index is 12.4. The lowest BCUT2D eigenvalue weighted by Gasteiger charge is -2.09. The van der Waals surface area contributed by atoms with E-state index in [4.69, 9.17) is 0 Å². The maximum atomic E-state index is 12.4. The first-order valence-electron chi connectivity index (χ1n) is 5.92. The fourth-order valence-corrected chi connectivity index (χ4v) is 2.90. The van der Waals surface area contributed by atoms with Gasteiger partial charge in [0.25, 0.3) is 5.56 Å². The van der Waals surface area contributed by atoms with Gasteiger partial charge >= 0.3 is 0 Å². The molecule has 1 aromatic carbocycles. The van der Waals surface area contributed by atoms with E-state index in [1.807, 2.05) is 42.6 Å². The van der Waals surface area contributed by atoms with E-state index in [1.54, 1.807) is 17.0 Å². The zero-order valence-electron chi connectivity index (χ0n) is 10.1. The molecule has 0 aliphatic carbocycles. The van der Waals surface area contributed by atoms with E-state index in [2.05, 4.69) is 27.6 Å². The summed E-state index contributed by atoms with van der Waals surface area (Å²) in [6, 6.07) is 11.9. The third kappa shape index (κ3) is 2.40. The highest BCUT2D eigenvalue weighted by molar-refractivity contribution is 14.1. The molecule has 0 unspecified atom stereocenters. The molecule has 3 rings (SSSR count). The molecule has 3 nitrogen and oxygen atoms in total. The van der Waals surface area contributed by atoms with Crippen LogP contribution in [0.25, 0.3) is 10.8 Å². The van der Waals surface area contributed by atoms with Crippen molar-refractivity contribution in [1.29, 1.82) is 0 Å². The van der Waals surface area contributed by atoms with Crippen molar-refractivity contribution in [2.75, 3.05) is 0 Å². The molecule has 94 valence electrons. The van der Waals surface area contributed by atoms with Gasteiger partial charge in [0.2, 0.25) is 0 Å². The van der Waals surface area contributed by atoms with E-state index in [0.717, 1.165) is 14.5 Å². The first kappa shape index (κ1) is 12.3. The van der Waals surface area contributed by atoms with Gasteiger partial charge in [-0.2, -0.15) is 0 Å². The van der Waals surface area contributed by atoms with Crippen LogP contribution in [0.5, 0.6) is 0 Å². The van der Waals surface area contributed by atoms with E-state index in [0.29, 0.717) is 11.9 Å². The topological polar surface area (TPSA) is 34.9 Å². The summed E-state index contributed by atoms with van der Waals surface area (Å²) in [4.78, 5) is 16.5. The molecule has 0 amide bonds. The van der Waals surface area contributed by atoms with Gasteiger partial charge in [-0.3, -0.25) is 9.78 Å². The monoisotopic (exact) mass is 362 g/mol. The summed E-state index contributed by atoms with van der Waals surface area (Å²) in [5.74, 6) is 0. The van der Waals surface area contributed by atoms with Crippen LogP contribution in [-0.2, 0) is 6.54 Å². The van der Waals surface area contributed by atoms with E-state index in [9.17, 15) is 4.79 Å². The van der Waals surface area contributed by atoms with Crippen molar-refractivity contribution in [1.82, 2.24) is 9.55 Å². The van der Waals surface area contributed by atoms with Crippen LogP contribution < -0.4 is 5.56 Å². The summed E-state index contributed by atoms with van der Waals surface area (Å²) in [7, 11) is 0. The summed E-state index contributed by atoms with van der Waals surface area (Å²) < 4.78 is 2.80. The normalized spacial score (nSPS) is 10.8. The molecule has 2 aromatic heterocycles. The number of hydrogen-bond donors (Lipinski definition) is 0. The Labute approximate surface area is 124 Å². The minimum Gasteiger partial charge on any atom is -0.309 e. The summed E-state index contributed by atoms with van der Waals surface area (Å²) in [6.45, 7) is 0.584. The van der Waals surface area contributed by atoms with E-state index < -0.39 is 0 Å². The summed E-state index contributed by atoms with van der Waals surface area (Å²) in [5.41, 5.74) is 1.12. The molecule has 0 aliphatic rings. The number of benzene rings is 1. The van der Waals surface area contributed by atoms with Crippen molar-refractivity contribution < 1.29 is 0 Å². The number of rotatable bonds is 2. The second-order valence-corrected chi connectivity index (χ2v) is 5.48. The SMILES string of the molecule is O=c1c2cnccc2c(I)cn1Cc1ccccc1. The predicted molar refractivity (Wildman–Crippen MR) is 84.3 cm³/mol. The van der Waals surface area contributed by atoms with Crippen molar-refractivity contribution in [3.8, 4) is 0 Å². The molecule has 0 saturated heterocycles. The first-order valence-corrected chi connectivity index (χ1v) is 7.00. The largest absolute Gasteiger partial charge is 0.309 e. The lowest BCUT2D eigenvalue weighted by molar-refractivity contribution is 0.764. The molecule has 0 saturated carbocycles. The number of fused-ring (bicyclic) bond motifs is 1. The Balaban J connectivity index is 2.15. The smallest absolute Gasteiger partial charge is 0.260 e. The fourth-order valence-electron chi connectivity index (χ4n) is 2.09. The van der Waals surface area contributed by atoms with Gasteiger partial charge in [-0.15, -0.1) is 0 Å². The summed E-state index contributed by atoms with van der Waals surface area (Å²) >= 11 is 2.26. The van der Waals surface area contributed by atoms with Gasteiger partial charge in [-0.05, 0) is 34.2 Å². The Morgan fingerprint density at radius 1 is 1.11 bits per heavy atom. The van der Waals surface area contributed by atoms with Gasteiger partial charge in [0.05, 0.1) is 11.9 Å². The number of pyridine rings is 2. The van der Waals surface area contributed by atoms with Gasteiger partial charge in [0, 0.05) is 27.5 Å². The molecule has 0 radical (unpaired) electrons. The Kier molecular flexibility index (Phi) is 3.33. The molecule has 0 bridgehead atoms. The Morgan fingerprint density at radius 2 is 1.89 bits per heavy atom. The fraction of sp³-hybridized carbons (Fsp3) is 0.0667. The Morgan fingerprint density at radius 3 is 2.68 bits per heavy atom. The van der Waals surface area contributed by atoms with Crippen molar-refractivity contribution in [3.63, 3.8) is 0 Å². The standard InChI is InChI=1S/C15H11IN2O/c16-14-10-18(9-11-4-2-1-3-5-11)15(19)13-8-17-7-6-12(13)14/h1-8,10H,9H2. The Bertz CT molecular complexity index is 781. The van der Waals surface area contributed by atoms with E-state index >= 15 is 0 Å². The van der Waals surface area contributed by atoms with Crippen molar-refractivity contribution >= 4 is 33.4 Å². The summed E-state index contributed by atoms with van der Waals surface area (Å²) in [5, 5.41) is 1.63. The molecule has 0 spiro atoms. The van der Waals surface area contributed by atoms with Crippen LogP contribution in [0.4, 0.5) is 0 Å². The molecule has 4 heteroatoms. The molecule has 3 aromatic rings. The van der Waals surface area contributed by atoms with Gasteiger partial charge in [-0.25, -0.2) is 0 Å². The van der Waals surface area contributed by atoms with Crippen LogP contribution in [0, 0.1) is 3.57 Å². The Hall–Kier alpha value is -1.69. The average Bonchev–Trinajstić information content (AvgIpc) is 2.46. The minimum atomic E-state index is 0.00682. The zero-order valence-corrected chi connectivity index (χ0v) is 12.2. The second kappa shape index (κ2) is 5.13. The first-order chi connectivity index (χ1) is 9.25. The van der Waals surface area contributed by atoms with E-state index in [-0.39, 0.29) is 5.56 Å². The lowest BCUT2D eigenvalue weighted by atomic mass is 10.2. The van der Waals surface area contributed by atoms with Crippen LogP contribution in [0.3, 0.4) is 0 Å². The molecule has 0 aliphatic heterocycles. The van der Waals surface area contributed by atoms with Crippen LogP contribution in [0.2, 0.25) is 0 Å². The lowest BCUT2D eigenvalue weighted by Crippen LogP contribution is -2.21. The third-order valence-corrected chi connectivity index (χ3v) is 3.89. The van der Waals surface area contributed by atoms with Crippen LogP contribution in [0.15, 0.2) is 59.8 Å². The number of halogens is 1. The van der Waals surface area contributed by atoms with E-state index in [1.165, 1.54) is 0 Å². The van der Waals surface area contributed by atoms with Crippen LogP contribution >= 0.6 is 22.6 Å². The highest BCUT2D eigenvalue weighted by Gasteiger charge is 2.07. The zero-order chi connectivity index (χ0) is 13.2. The highest BCUT2D eigenvalue weighted by Crippen LogP contribution is 2.16. The number of nitrogens with zero attached hydrogens (tertiary/aromatic N) is 2. The molecule has 0 atom stereocenters. The average molecular weight is 362 g/mol. The predicted octanol–water partition coefficient (Wildman–Crippen LogP) is 3.05. The van der Waals surface area contributed by atoms with Gasteiger partial charge in [-0.1, -0.05) is 30.3 Å². The van der Waals surface area contributed by atoms with Gasteiger partial charge in [0.15, 0.2) is 0 Å². The van der Waals surface area contributed by atoms with Crippen LogP contribution in [-0.4, -0.2) is 9.55 Å². The number of aromatic nitrogens is 2. The second-order valence-electron chi connectivity index (χ2n) is 4.32. The molecular formula is C15H11IN2O. The molecule has 2 heterocycles. The van der Waals surface area contributed by atoms with Crippen molar-refractivity contribution in [3.05, 3.63) is 74.5 Å². The molecule has 0 N–H and O–H groups in total. The van der Waals surface area contributed by atoms with Gasteiger partial charge in [0.1, 0.15) is 0 Å². The highest BCUT2D eigenvalue weighted by atomic mass is 127. The van der Waals surface area contributed by atoms with Crippen LogP contribution in [0.1, 0.15) is 5.56 Å². The summed E-state index contributed by atoms with van der Waals surface area (Å²) in [6.07, 6.45) is 5.25. The number of hydrogen-bond acceptors (Lipinski definition) is 2. The third-order valence-electron chi connectivity index (χ3n) is 3.03. The molecule has 0 fully saturated rings. The van der Waals surface area contributed by atoms with Gasteiger partial charge < -0.3 is 4.57 Å². The van der Waals surface area contributed by atoms with Crippen molar-refractivity contribution in [2.45, 2.75) is 6.54 Å². The molecule has 19 heavy (non-hydrogen) atoms. The maximum Gasteiger partial charge on any atom is 0.260 e. The quantitative estimate of drug-likeness (QED) is 0.657. The van der Waals surface area contributed by atoms with Crippen molar-refractivity contribution in [2.24, 2.45) is 0 Å². The minimum absolute atomic E-state index is 0.00682.